The molecule has 0 aliphatic rings. The smallest absolute Gasteiger partial charge is 0.306 e. The fraction of sp³-hybridized carbons (Fsp3) is 0.429. The molecule has 2 N–H and O–H groups in total. The standard InChI is InChI=1S/C21H28N2O4/c1-3-26-21(24)15-16(2)14-17-7-9-18(10-8-17)27-13-11-19(22)20-6-4-5-12-23(20)25/h4-10,12,16,19H,3,11,13-15,22H2,1-2H3. The van der Waals surface area contributed by atoms with Gasteiger partial charge in [0.2, 0.25) is 5.69 Å². The molecule has 0 fully saturated rings. The van der Waals surface area contributed by atoms with Crippen LogP contribution in [0.4, 0.5) is 0 Å². The van der Waals surface area contributed by atoms with Gasteiger partial charge in [0.25, 0.3) is 0 Å². The third kappa shape index (κ3) is 6.90. The van der Waals surface area contributed by atoms with Gasteiger partial charge in [-0.1, -0.05) is 19.1 Å². The second kappa shape index (κ2) is 10.5. The van der Waals surface area contributed by atoms with Crippen molar-refractivity contribution in [3.63, 3.8) is 0 Å². The van der Waals surface area contributed by atoms with Gasteiger partial charge in [-0.05, 0) is 43.0 Å². The first-order valence-electron chi connectivity index (χ1n) is 9.30. The Balaban J connectivity index is 1.77. The normalized spacial score (nSPS) is 13.0. The molecule has 2 rings (SSSR count). The van der Waals surface area contributed by atoms with E-state index in [4.69, 9.17) is 15.2 Å². The Morgan fingerprint density at radius 2 is 1.96 bits per heavy atom. The van der Waals surface area contributed by atoms with E-state index in [1.807, 2.05) is 38.1 Å². The lowest BCUT2D eigenvalue weighted by Gasteiger charge is -2.13. The summed E-state index contributed by atoms with van der Waals surface area (Å²) in [5, 5.41) is 11.7. The van der Waals surface area contributed by atoms with Crippen LogP contribution in [0.1, 0.15) is 44.0 Å². The SMILES string of the molecule is CCOC(=O)CC(C)Cc1ccc(OCCC(N)c2cccc[n+]2[O-])cc1. The summed E-state index contributed by atoms with van der Waals surface area (Å²) in [5.41, 5.74) is 7.74. The molecule has 146 valence electrons. The molecule has 27 heavy (non-hydrogen) atoms. The highest BCUT2D eigenvalue weighted by Gasteiger charge is 2.14. The Bertz CT molecular complexity index is 718. The Hall–Kier alpha value is -2.60. The fourth-order valence-electron chi connectivity index (χ4n) is 2.88. The van der Waals surface area contributed by atoms with Crippen LogP contribution in [0.5, 0.6) is 5.75 Å². The highest BCUT2D eigenvalue weighted by molar-refractivity contribution is 5.69. The quantitative estimate of drug-likeness (QED) is 0.393. The lowest BCUT2D eigenvalue weighted by atomic mass is 9.98. The molecule has 0 bridgehead atoms. The van der Waals surface area contributed by atoms with Crippen molar-refractivity contribution in [1.82, 2.24) is 0 Å². The van der Waals surface area contributed by atoms with Crippen LogP contribution >= 0.6 is 0 Å². The van der Waals surface area contributed by atoms with Crippen molar-refractivity contribution in [3.05, 3.63) is 65.1 Å². The number of benzene rings is 1. The topological polar surface area (TPSA) is 88.5 Å². The number of carbonyl (C=O) groups is 1. The third-order valence-corrected chi connectivity index (χ3v) is 4.26. The average Bonchev–Trinajstić information content (AvgIpc) is 2.63. The van der Waals surface area contributed by atoms with Crippen LogP contribution in [0, 0.1) is 11.1 Å². The molecule has 0 radical (unpaired) electrons. The van der Waals surface area contributed by atoms with Gasteiger partial charge in [-0.25, -0.2) is 0 Å². The van der Waals surface area contributed by atoms with E-state index in [0.29, 0.717) is 31.7 Å². The maximum atomic E-state index is 11.7. The summed E-state index contributed by atoms with van der Waals surface area (Å²) in [7, 11) is 0. The molecule has 0 saturated carbocycles. The van der Waals surface area contributed by atoms with Gasteiger partial charge in [0.1, 0.15) is 5.75 Å². The first kappa shape index (κ1) is 20.7. The van der Waals surface area contributed by atoms with E-state index in [1.165, 1.54) is 6.20 Å². The zero-order valence-corrected chi connectivity index (χ0v) is 16.0. The van der Waals surface area contributed by atoms with Crippen molar-refractivity contribution in [2.24, 2.45) is 11.7 Å². The molecular weight excluding hydrogens is 344 g/mol. The molecule has 0 aliphatic carbocycles. The van der Waals surface area contributed by atoms with E-state index in [-0.39, 0.29) is 17.9 Å². The summed E-state index contributed by atoms with van der Waals surface area (Å²) in [6, 6.07) is 12.7. The van der Waals surface area contributed by atoms with Gasteiger partial charge in [-0.15, -0.1) is 0 Å². The van der Waals surface area contributed by atoms with E-state index in [1.54, 1.807) is 18.2 Å². The zero-order valence-electron chi connectivity index (χ0n) is 16.0. The van der Waals surface area contributed by atoms with Crippen LogP contribution in [-0.4, -0.2) is 19.2 Å². The monoisotopic (exact) mass is 372 g/mol. The predicted octanol–water partition coefficient (Wildman–Crippen LogP) is 2.92. The van der Waals surface area contributed by atoms with Gasteiger partial charge in [0, 0.05) is 25.0 Å². The van der Waals surface area contributed by atoms with E-state index in [0.717, 1.165) is 22.5 Å². The molecule has 0 saturated heterocycles. The maximum Gasteiger partial charge on any atom is 0.306 e. The van der Waals surface area contributed by atoms with Crippen molar-refractivity contribution in [3.8, 4) is 5.75 Å². The number of pyridine rings is 1. The Labute approximate surface area is 160 Å². The van der Waals surface area contributed by atoms with Crippen LogP contribution in [0.2, 0.25) is 0 Å². The minimum Gasteiger partial charge on any atom is -0.618 e. The number of hydrogen-bond acceptors (Lipinski definition) is 5. The third-order valence-electron chi connectivity index (χ3n) is 4.26. The number of ether oxygens (including phenoxy) is 2. The van der Waals surface area contributed by atoms with Gasteiger partial charge in [-0.3, -0.25) is 4.79 Å². The van der Waals surface area contributed by atoms with Gasteiger partial charge in [0.15, 0.2) is 6.20 Å². The van der Waals surface area contributed by atoms with Crippen LogP contribution < -0.4 is 15.2 Å². The van der Waals surface area contributed by atoms with E-state index in [2.05, 4.69) is 0 Å². The van der Waals surface area contributed by atoms with Crippen LogP contribution in [-0.2, 0) is 16.0 Å². The average molecular weight is 372 g/mol. The van der Waals surface area contributed by atoms with Gasteiger partial charge >= 0.3 is 5.97 Å². The number of esters is 1. The molecule has 6 heteroatoms. The van der Waals surface area contributed by atoms with E-state index >= 15 is 0 Å². The first-order chi connectivity index (χ1) is 13.0. The summed E-state index contributed by atoms with van der Waals surface area (Å²) < 4.78 is 11.5. The largest absolute Gasteiger partial charge is 0.618 e. The number of carbonyl (C=O) groups excluding carboxylic acids is 1. The molecule has 0 amide bonds. The van der Waals surface area contributed by atoms with Crippen LogP contribution in [0.3, 0.4) is 0 Å². The van der Waals surface area contributed by atoms with Crippen molar-refractivity contribution in [2.75, 3.05) is 13.2 Å². The molecular formula is C21H28N2O4. The van der Waals surface area contributed by atoms with Crippen LogP contribution in [0.25, 0.3) is 0 Å². The van der Waals surface area contributed by atoms with Crippen LogP contribution in [0.15, 0.2) is 48.7 Å². The van der Waals surface area contributed by atoms with Gasteiger partial charge in [-0.2, -0.15) is 4.73 Å². The molecule has 1 heterocycles. The first-order valence-corrected chi connectivity index (χ1v) is 9.30. The Morgan fingerprint density at radius 1 is 1.22 bits per heavy atom. The van der Waals surface area contributed by atoms with Crippen molar-refractivity contribution < 1.29 is 19.0 Å². The minimum atomic E-state index is -0.369. The molecule has 1 aromatic heterocycles. The summed E-state index contributed by atoms with van der Waals surface area (Å²) in [5.74, 6) is 0.824. The van der Waals surface area contributed by atoms with Crippen molar-refractivity contribution in [1.29, 1.82) is 0 Å². The minimum absolute atomic E-state index is 0.154. The number of nitrogens with zero attached hydrogens (tertiary/aromatic N) is 1. The lowest BCUT2D eigenvalue weighted by molar-refractivity contribution is -0.615. The highest BCUT2D eigenvalue weighted by atomic mass is 16.5. The number of aromatic nitrogens is 1. The summed E-state index contributed by atoms with van der Waals surface area (Å²) in [4.78, 5) is 11.5. The number of hydrogen-bond donors (Lipinski definition) is 1. The molecule has 2 atom stereocenters. The Kier molecular flexibility index (Phi) is 8.07. The molecule has 2 unspecified atom stereocenters. The van der Waals surface area contributed by atoms with E-state index in [9.17, 15) is 10.0 Å². The predicted molar refractivity (Wildman–Crippen MR) is 103 cm³/mol. The molecule has 6 nitrogen and oxygen atoms in total. The van der Waals surface area contributed by atoms with Gasteiger partial charge < -0.3 is 20.4 Å². The van der Waals surface area contributed by atoms with Crippen molar-refractivity contribution in [2.45, 2.75) is 39.2 Å². The molecule has 0 spiro atoms. The number of nitrogens with two attached hydrogens (primary N) is 1. The lowest BCUT2D eigenvalue weighted by Crippen LogP contribution is -2.35. The summed E-state index contributed by atoms with van der Waals surface area (Å²) in [6.07, 6.45) is 3.22. The second-order valence-electron chi connectivity index (χ2n) is 6.66. The summed E-state index contributed by atoms with van der Waals surface area (Å²) in [6.45, 7) is 4.69. The summed E-state index contributed by atoms with van der Waals surface area (Å²) >= 11 is 0. The number of rotatable bonds is 10. The molecule has 1 aromatic carbocycles. The highest BCUT2D eigenvalue weighted by Crippen LogP contribution is 2.18. The Morgan fingerprint density at radius 3 is 2.63 bits per heavy atom. The van der Waals surface area contributed by atoms with Crippen molar-refractivity contribution >= 4 is 5.97 Å². The fourth-order valence-corrected chi connectivity index (χ4v) is 2.88. The van der Waals surface area contributed by atoms with Gasteiger partial charge in [0.05, 0.1) is 19.3 Å². The molecule has 0 aliphatic heterocycles. The molecule has 2 aromatic rings. The second-order valence-corrected chi connectivity index (χ2v) is 6.66. The van der Waals surface area contributed by atoms with E-state index < -0.39 is 0 Å². The maximum absolute atomic E-state index is 11.7. The zero-order chi connectivity index (χ0) is 19.6.